The first-order valence-corrected chi connectivity index (χ1v) is 5.96. The van der Waals surface area contributed by atoms with Crippen LogP contribution in [-0.2, 0) is 9.53 Å². The molecule has 1 aromatic rings. The minimum atomic E-state index is -0.847. The lowest BCUT2D eigenvalue weighted by Crippen LogP contribution is -2.46. The quantitative estimate of drug-likeness (QED) is 0.577. The van der Waals surface area contributed by atoms with Gasteiger partial charge in [0.05, 0.1) is 17.9 Å². The van der Waals surface area contributed by atoms with Gasteiger partial charge in [0.25, 0.3) is 0 Å². The van der Waals surface area contributed by atoms with Crippen molar-refractivity contribution in [3.63, 3.8) is 0 Å². The highest BCUT2D eigenvalue weighted by Crippen LogP contribution is 2.24. The van der Waals surface area contributed by atoms with Crippen molar-refractivity contribution < 1.29 is 14.3 Å². The molecule has 0 aliphatic carbocycles. The highest BCUT2D eigenvalue weighted by molar-refractivity contribution is 5.88. The van der Waals surface area contributed by atoms with Gasteiger partial charge in [-0.1, -0.05) is 12.1 Å². The fourth-order valence-electron chi connectivity index (χ4n) is 1.82. The zero-order valence-electron chi connectivity index (χ0n) is 10.3. The number of carbonyl (C=O) groups is 2. The minimum Gasteiger partial charge on any atom is -0.448 e. The molecule has 1 atom stereocenters. The summed E-state index contributed by atoms with van der Waals surface area (Å²) in [4.78, 5) is 22.2. The van der Waals surface area contributed by atoms with E-state index < -0.39 is 6.09 Å². The van der Waals surface area contributed by atoms with Crippen LogP contribution in [0.4, 0.5) is 16.2 Å². The second-order valence-corrected chi connectivity index (χ2v) is 4.08. The Morgan fingerprint density at radius 3 is 2.84 bits per heavy atom. The molecule has 1 aliphatic heterocycles. The number of ether oxygens (including phenoxy) is 1. The van der Waals surface area contributed by atoms with E-state index in [0.717, 1.165) is 11.4 Å². The Hall–Kier alpha value is -2.44. The molecule has 0 bridgehead atoms. The average Bonchev–Trinajstić information content (AvgIpc) is 2.42. The third-order valence-corrected chi connectivity index (χ3v) is 2.72. The van der Waals surface area contributed by atoms with E-state index in [1.165, 1.54) is 0 Å². The van der Waals surface area contributed by atoms with Gasteiger partial charge in [-0.3, -0.25) is 4.79 Å². The van der Waals surface area contributed by atoms with Crippen molar-refractivity contribution >= 4 is 23.4 Å². The van der Waals surface area contributed by atoms with Crippen LogP contribution in [0.2, 0.25) is 0 Å². The number of amides is 2. The van der Waals surface area contributed by atoms with Crippen LogP contribution in [0.5, 0.6) is 0 Å². The Kier molecular flexibility index (Phi) is 4.07. The van der Waals surface area contributed by atoms with E-state index >= 15 is 0 Å². The summed E-state index contributed by atoms with van der Waals surface area (Å²) in [6, 6.07) is 7.31. The summed E-state index contributed by atoms with van der Waals surface area (Å²) in [5.41, 5.74) is 6.68. The van der Waals surface area contributed by atoms with Crippen molar-refractivity contribution in [2.75, 3.05) is 30.3 Å². The summed E-state index contributed by atoms with van der Waals surface area (Å²) >= 11 is 0. The number of carbonyl (C=O) groups excluding carboxylic acids is 2. The van der Waals surface area contributed by atoms with Crippen molar-refractivity contribution in [2.45, 2.75) is 6.04 Å². The molecule has 2 amide bonds. The van der Waals surface area contributed by atoms with Gasteiger partial charge in [-0.2, -0.15) is 0 Å². The highest BCUT2D eigenvalue weighted by atomic mass is 16.5. The van der Waals surface area contributed by atoms with E-state index in [9.17, 15) is 9.59 Å². The van der Waals surface area contributed by atoms with Crippen LogP contribution >= 0.6 is 0 Å². The molecule has 7 nitrogen and oxygen atoms in total. The van der Waals surface area contributed by atoms with Crippen LogP contribution in [0.1, 0.15) is 0 Å². The molecule has 2 rings (SSSR count). The van der Waals surface area contributed by atoms with Gasteiger partial charge in [0, 0.05) is 6.54 Å². The molecule has 1 aliphatic rings. The molecule has 0 saturated carbocycles. The maximum atomic E-state index is 11.9. The topological polar surface area (TPSA) is 105 Å². The third-order valence-electron chi connectivity index (χ3n) is 2.72. The SMILES string of the molecule is NC(=O)OCCNC(=O)C1CNc2ccccc2N1. The number of para-hydroxylation sites is 2. The van der Waals surface area contributed by atoms with Gasteiger partial charge >= 0.3 is 6.09 Å². The van der Waals surface area contributed by atoms with Crippen molar-refractivity contribution in [2.24, 2.45) is 5.73 Å². The van der Waals surface area contributed by atoms with Crippen molar-refractivity contribution in [3.05, 3.63) is 24.3 Å². The molecule has 0 aromatic heterocycles. The van der Waals surface area contributed by atoms with Crippen LogP contribution in [0, 0.1) is 0 Å². The smallest absolute Gasteiger partial charge is 0.404 e. The molecule has 5 N–H and O–H groups in total. The maximum absolute atomic E-state index is 11.9. The van der Waals surface area contributed by atoms with E-state index in [1.807, 2.05) is 24.3 Å². The molecule has 1 heterocycles. The summed E-state index contributed by atoms with van der Waals surface area (Å²) in [5.74, 6) is -0.157. The standard InChI is InChI=1S/C12H16N4O3/c13-12(18)19-6-5-14-11(17)10-7-15-8-3-1-2-4-9(8)16-10/h1-4,10,15-16H,5-7H2,(H2,13,18)(H,14,17). The van der Waals surface area contributed by atoms with Gasteiger partial charge in [0.15, 0.2) is 0 Å². The molecule has 0 fully saturated rings. The average molecular weight is 264 g/mol. The van der Waals surface area contributed by atoms with Crippen LogP contribution in [-0.4, -0.2) is 37.7 Å². The number of benzene rings is 1. The Balaban J connectivity index is 1.80. The van der Waals surface area contributed by atoms with Crippen molar-refractivity contribution in [3.8, 4) is 0 Å². The lowest BCUT2D eigenvalue weighted by molar-refractivity contribution is -0.121. The Bertz CT molecular complexity index is 478. The third kappa shape index (κ3) is 3.51. The highest BCUT2D eigenvalue weighted by Gasteiger charge is 2.22. The van der Waals surface area contributed by atoms with Gasteiger partial charge in [-0.15, -0.1) is 0 Å². The number of fused-ring (bicyclic) bond motifs is 1. The number of nitrogens with one attached hydrogen (secondary N) is 3. The van der Waals surface area contributed by atoms with Crippen LogP contribution in [0.25, 0.3) is 0 Å². The van der Waals surface area contributed by atoms with E-state index in [1.54, 1.807) is 0 Å². The molecular formula is C12H16N4O3. The Morgan fingerprint density at radius 1 is 1.37 bits per heavy atom. The fraction of sp³-hybridized carbons (Fsp3) is 0.333. The van der Waals surface area contributed by atoms with Gasteiger partial charge in [-0.05, 0) is 12.1 Å². The zero-order chi connectivity index (χ0) is 13.7. The van der Waals surface area contributed by atoms with E-state index in [-0.39, 0.29) is 25.1 Å². The molecule has 7 heteroatoms. The first-order valence-electron chi connectivity index (χ1n) is 5.96. The summed E-state index contributed by atoms with van der Waals surface area (Å²) in [6.07, 6.45) is -0.847. The molecule has 0 saturated heterocycles. The predicted molar refractivity (Wildman–Crippen MR) is 70.9 cm³/mol. The van der Waals surface area contributed by atoms with E-state index in [2.05, 4.69) is 20.7 Å². The maximum Gasteiger partial charge on any atom is 0.404 e. The second kappa shape index (κ2) is 5.94. The lowest BCUT2D eigenvalue weighted by Gasteiger charge is -2.27. The summed E-state index contributed by atoms with van der Waals surface area (Å²) < 4.78 is 4.52. The lowest BCUT2D eigenvalue weighted by atomic mass is 10.1. The molecule has 0 spiro atoms. The van der Waals surface area contributed by atoms with E-state index in [4.69, 9.17) is 5.73 Å². The normalized spacial score (nSPS) is 16.5. The Labute approximate surface area is 110 Å². The molecule has 1 aromatic carbocycles. The van der Waals surface area contributed by atoms with Crippen molar-refractivity contribution in [1.82, 2.24) is 5.32 Å². The largest absolute Gasteiger partial charge is 0.448 e. The summed E-state index contributed by atoms with van der Waals surface area (Å²) in [7, 11) is 0. The molecule has 0 radical (unpaired) electrons. The van der Waals surface area contributed by atoms with Gasteiger partial charge < -0.3 is 26.4 Å². The first kappa shape index (κ1) is 13.0. The summed E-state index contributed by atoms with van der Waals surface area (Å²) in [5, 5.41) is 8.98. The van der Waals surface area contributed by atoms with E-state index in [0.29, 0.717) is 6.54 Å². The fourth-order valence-corrected chi connectivity index (χ4v) is 1.82. The monoisotopic (exact) mass is 264 g/mol. The van der Waals surface area contributed by atoms with Gasteiger partial charge in [0.1, 0.15) is 12.6 Å². The molecular weight excluding hydrogens is 248 g/mol. The number of hydrogen-bond acceptors (Lipinski definition) is 5. The van der Waals surface area contributed by atoms with Gasteiger partial charge in [-0.25, -0.2) is 4.79 Å². The number of hydrogen-bond donors (Lipinski definition) is 4. The number of anilines is 2. The van der Waals surface area contributed by atoms with Crippen LogP contribution < -0.4 is 21.7 Å². The predicted octanol–water partition coefficient (Wildman–Crippen LogP) is 0.104. The minimum absolute atomic E-state index is 0.0673. The van der Waals surface area contributed by atoms with Crippen LogP contribution in [0.15, 0.2) is 24.3 Å². The zero-order valence-corrected chi connectivity index (χ0v) is 10.3. The number of rotatable bonds is 4. The van der Waals surface area contributed by atoms with Crippen LogP contribution in [0.3, 0.4) is 0 Å². The number of primary amides is 1. The molecule has 19 heavy (non-hydrogen) atoms. The summed E-state index contributed by atoms with van der Waals surface area (Å²) in [6.45, 7) is 0.804. The number of nitrogens with two attached hydrogens (primary N) is 1. The Morgan fingerprint density at radius 2 is 2.11 bits per heavy atom. The molecule has 102 valence electrons. The molecule has 1 unspecified atom stereocenters. The van der Waals surface area contributed by atoms with Gasteiger partial charge in [0.2, 0.25) is 5.91 Å². The second-order valence-electron chi connectivity index (χ2n) is 4.08. The first-order chi connectivity index (χ1) is 9.16. The van der Waals surface area contributed by atoms with Crippen molar-refractivity contribution in [1.29, 1.82) is 0 Å².